The molecule has 5 nitrogen and oxygen atoms in total. The van der Waals surface area contributed by atoms with Crippen molar-refractivity contribution in [3.05, 3.63) is 23.8 Å². The molecule has 0 bridgehead atoms. The van der Waals surface area contributed by atoms with E-state index in [1.54, 1.807) is 0 Å². The maximum absolute atomic E-state index is 11.0. The minimum absolute atomic E-state index is 0.153. The number of benzene rings is 1. The molecule has 0 atom stereocenters. The third-order valence-corrected chi connectivity index (χ3v) is 2.79. The number of methoxy groups -OCH3 is 1. The molecule has 0 aliphatic rings. The average molecular weight is 281 g/mol. The van der Waals surface area contributed by atoms with Crippen molar-refractivity contribution in [3.63, 3.8) is 0 Å². The van der Waals surface area contributed by atoms with Crippen molar-refractivity contribution in [1.82, 2.24) is 5.32 Å². The van der Waals surface area contributed by atoms with Gasteiger partial charge >= 0.3 is 6.09 Å². The molecule has 1 aromatic carbocycles. The summed E-state index contributed by atoms with van der Waals surface area (Å²) in [7, 11) is 1.27. The summed E-state index contributed by atoms with van der Waals surface area (Å²) in [6.45, 7) is 2.15. The third kappa shape index (κ3) is 5.13. The van der Waals surface area contributed by atoms with Gasteiger partial charge in [0, 0.05) is 0 Å². The van der Waals surface area contributed by atoms with Crippen LogP contribution in [-0.2, 0) is 11.2 Å². The molecule has 1 rings (SSSR count). The summed E-state index contributed by atoms with van der Waals surface area (Å²) in [5.41, 5.74) is 8.40. The highest BCUT2D eigenvalue weighted by molar-refractivity contribution is 7.80. The van der Waals surface area contributed by atoms with E-state index >= 15 is 0 Å². The Morgan fingerprint density at radius 1 is 1.47 bits per heavy atom. The van der Waals surface area contributed by atoms with E-state index in [0.29, 0.717) is 11.4 Å². The van der Waals surface area contributed by atoms with Crippen molar-refractivity contribution < 1.29 is 9.53 Å². The fourth-order valence-corrected chi connectivity index (χ4v) is 1.75. The molecule has 0 aliphatic carbocycles. The van der Waals surface area contributed by atoms with Crippen LogP contribution in [0.2, 0.25) is 0 Å². The molecule has 0 unspecified atom stereocenters. The molecule has 1 aromatic rings. The van der Waals surface area contributed by atoms with Gasteiger partial charge in [-0.2, -0.15) is 0 Å². The molecule has 0 saturated carbocycles. The first kappa shape index (κ1) is 15.2. The van der Waals surface area contributed by atoms with E-state index in [1.165, 1.54) is 12.7 Å². The van der Waals surface area contributed by atoms with Gasteiger partial charge in [0.2, 0.25) is 0 Å². The summed E-state index contributed by atoms with van der Waals surface area (Å²) in [5, 5.41) is 5.36. The normalized spacial score (nSPS) is 9.79. The Balaban J connectivity index is 2.64. The van der Waals surface area contributed by atoms with E-state index in [4.69, 9.17) is 18.0 Å². The van der Waals surface area contributed by atoms with E-state index in [9.17, 15) is 4.79 Å². The van der Waals surface area contributed by atoms with Gasteiger partial charge in [-0.15, -0.1) is 0 Å². The number of carbonyl (C=O) groups excluding carboxylic acids is 1. The molecule has 0 fully saturated rings. The number of thiocarbonyl (C=S) groups is 1. The number of unbranched alkanes of at least 4 members (excludes halogenated alkanes) is 1. The highest BCUT2D eigenvalue weighted by atomic mass is 32.1. The number of alkyl carbamates (subject to hydrolysis) is 1. The molecule has 0 aromatic heterocycles. The largest absolute Gasteiger partial charge is 0.453 e. The lowest BCUT2D eigenvalue weighted by Crippen LogP contribution is -2.34. The molecule has 0 saturated heterocycles. The maximum Gasteiger partial charge on any atom is 0.413 e. The first-order valence-corrected chi connectivity index (χ1v) is 6.52. The van der Waals surface area contributed by atoms with Crippen LogP contribution in [-0.4, -0.2) is 18.3 Å². The van der Waals surface area contributed by atoms with E-state index in [-0.39, 0.29) is 5.11 Å². The van der Waals surface area contributed by atoms with Crippen LogP contribution in [0, 0.1) is 0 Å². The lowest BCUT2D eigenvalue weighted by atomic mass is 10.1. The first-order valence-electron chi connectivity index (χ1n) is 6.11. The summed E-state index contributed by atoms with van der Waals surface area (Å²) in [6, 6.07) is 5.76. The predicted octanol–water partition coefficient (Wildman–Crippen LogP) is 2.66. The van der Waals surface area contributed by atoms with Crippen LogP contribution in [0.3, 0.4) is 0 Å². The number of hydrogen-bond donors (Lipinski definition) is 3. The third-order valence-electron chi connectivity index (χ3n) is 2.58. The van der Waals surface area contributed by atoms with Gasteiger partial charge in [0.25, 0.3) is 0 Å². The predicted molar refractivity (Wildman–Crippen MR) is 81.2 cm³/mol. The van der Waals surface area contributed by atoms with Crippen LogP contribution in [0.1, 0.15) is 25.3 Å². The molecule has 6 heteroatoms. The number of nitrogens with one attached hydrogen (secondary N) is 2. The van der Waals surface area contributed by atoms with Crippen molar-refractivity contribution in [2.45, 2.75) is 26.2 Å². The lowest BCUT2D eigenvalue weighted by Gasteiger charge is -2.12. The zero-order chi connectivity index (χ0) is 14.3. The molecule has 0 radical (unpaired) electrons. The molecular weight excluding hydrogens is 262 g/mol. The number of aryl methyl sites for hydroxylation is 1. The number of ether oxygens (including phenoxy) is 1. The first-order chi connectivity index (χ1) is 9.06. The Hall–Kier alpha value is -1.82. The number of hydrogen-bond acceptors (Lipinski definition) is 4. The fourth-order valence-electron chi connectivity index (χ4n) is 1.56. The van der Waals surface area contributed by atoms with Crippen molar-refractivity contribution in [2.24, 2.45) is 0 Å². The maximum atomic E-state index is 11.0. The second-order valence-corrected chi connectivity index (χ2v) is 4.50. The van der Waals surface area contributed by atoms with Crippen molar-refractivity contribution >= 4 is 34.8 Å². The number of rotatable bonds is 4. The van der Waals surface area contributed by atoms with Crippen LogP contribution in [0.4, 0.5) is 16.2 Å². The molecule has 0 spiro atoms. The highest BCUT2D eigenvalue weighted by Crippen LogP contribution is 2.20. The Labute approximate surface area is 118 Å². The zero-order valence-corrected chi connectivity index (χ0v) is 12.0. The molecule has 4 N–H and O–H groups in total. The summed E-state index contributed by atoms with van der Waals surface area (Å²) >= 11 is 4.96. The summed E-state index contributed by atoms with van der Waals surface area (Å²) in [6.07, 6.45) is 2.67. The lowest BCUT2D eigenvalue weighted by molar-refractivity contribution is 0.177. The van der Waals surface area contributed by atoms with Crippen molar-refractivity contribution in [2.75, 3.05) is 18.2 Å². The van der Waals surface area contributed by atoms with Crippen LogP contribution in [0.25, 0.3) is 0 Å². The van der Waals surface area contributed by atoms with Crippen LogP contribution >= 0.6 is 12.2 Å². The number of amides is 1. The molecule has 104 valence electrons. The van der Waals surface area contributed by atoms with Gasteiger partial charge in [0.15, 0.2) is 5.11 Å². The number of nitrogens with two attached hydrogens (primary N) is 1. The SMILES string of the molecule is CCCCc1ccc(NC(=S)NC(=O)OC)c(N)c1. The average Bonchev–Trinajstić information content (AvgIpc) is 2.39. The van der Waals surface area contributed by atoms with E-state index in [1.807, 2.05) is 18.2 Å². The molecular formula is C13H19N3O2S. The Bertz CT molecular complexity index is 463. The summed E-state index contributed by atoms with van der Waals surface area (Å²) in [5.74, 6) is 0. The van der Waals surface area contributed by atoms with E-state index < -0.39 is 6.09 Å². The highest BCUT2D eigenvalue weighted by Gasteiger charge is 2.06. The van der Waals surface area contributed by atoms with Crippen LogP contribution < -0.4 is 16.4 Å². The Morgan fingerprint density at radius 2 is 2.21 bits per heavy atom. The standard InChI is InChI=1S/C13H19N3O2S/c1-3-4-5-9-6-7-11(10(14)8-9)15-12(19)16-13(17)18-2/h6-8H,3-5,14H2,1-2H3,(H2,15,16,17,19). The van der Waals surface area contributed by atoms with Gasteiger partial charge in [0.05, 0.1) is 18.5 Å². The van der Waals surface area contributed by atoms with Gasteiger partial charge < -0.3 is 15.8 Å². The smallest absolute Gasteiger partial charge is 0.413 e. The Morgan fingerprint density at radius 3 is 2.79 bits per heavy atom. The van der Waals surface area contributed by atoms with Gasteiger partial charge in [-0.05, 0) is 42.8 Å². The van der Waals surface area contributed by atoms with E-state index in [2.05, 4.69) is 22.3 Å². The topological polar surface area (TPSA) is 76.4 Å². The van der Waals surface area contributed by atoms with Crippen molar-refractivity contribution in [3.8, 4) is 0 Å². The van der Waals surface area contributed by atoms with Gasteiger partial charge in [-0.3, -0.25) is 5.32 Å². The number of carbonyl (C=O) groups is 1. The molecule has 19 heavy (non-hydrogen) atoms. The molecule has 1 amide bonds. The summed E-state index contributed by atoms with van der Waals surface area (Å²) in [4.78, 5) is 11.0. The number of nitrogen functional groups attached to an aromatic ring is 1. The summed E-state index contributed by atoms with van der Waals surface area (Å²) < 4.78 is 4.44. The zero-order valence-electron chi connectivity index (χ0n) is 11.2. The minimum atomic E-state index is -0.615. The molecule has 0 heterocycles. The van der Waals surface area contributed by atoms with Crippen LogP contribution in [0.15, 0.2) is 18.2 Å². The Kier molecular flexibility index (Phi) is 6.08. The minimum Gasteiger partial charge on any atom is -0.453 e. The van der Waals surface area contributed by atoms with Gasteiger partial charge in [-0.1, -0.05) is 19.4 Å². The van der Waals surface area contributed by atoms with Crippen molar-refractivity contribution in [1.29, 1.82) is 0 Å². The quantitative estimate of drug-likeness (QED) is 0.584. The molecule has 0 aliphatic heterocycles. The fraction of sp³-hybridized carbons (Fsp3) is 0.385. The van der Waals surface area contributed by atoms with Gasteiger partial charge in [-0.25, -0.2) is 4.79 Å². The van der Waals surface area contributed by atoms with E-state index in [0.717, 1.165) is 19.3 Å². The second kappa shape index (κ2) is 7.58. The second-order valence-electron chi connectivity index (χ2n) is 4.10. The number of anilines is 2. The van der Waals surface area contributed by atoms with Gasteiger partial charge in [0.1, 0.15) is 0 Å². The monoisotopic (exact) mass is 281 g/mol. The van der Waals surface area contributed by atoms with Crippen LogP contribution in [0.5, 0.6) is 0 Å².